The lowest BCUT2D eigenvalue weighted by Gasteiger charge is -2.38. The Bertz CT molecular complexity index is 1130. The molecule has 2 aromatic rings. The first-order valence-electron chi connectivity index (χ1n) is 11.4. The number of piperazine rings is 1. The Hall–Kier alpha value is -3.21. The normalized spacial score (nSPS) is 18.9. The number of hydrogen-bond donors (Lipinski definition) is 2. The van der Waals surface area contributed by atoms with Crippen LogP contribution in [-0.4, -0.2) is 71.0 Å². The molecule has 11 heteroatoms. The number of H-pyrrole nitrogens is 1. The minimum atomic E-state index is -2.68. The summed E-state index contributed by atoms with van der Waals surface area (Å²) in [6.45, 7) is 3.69. The van der Waals surface area contributed by atoms with Gasteiger partial charge in [-0.05, 0) is 37.0 Å². The summed E-state index contributed by atoms with van der Waals surface area (Å²) >= 11 is 0. The van der Waals surface area contributed by atoms with E-state index in [1.807, 2.05) is 17.1 Å². The largest absolute Gasteiger partial charge is 0.365 e. The molecule has 0 aromatic carbocycles. The van der Waals surface area contributed by atoms with Crippen molar-refractivity contribution in [1.29, 1.82) is 0 Å². The number of rotatable bonds is 7. The van der Waals surface area contributed by atoms with Crippen LogP contribution in [0.2, 0.25) is 0 Å². The maximum absolute atomic E-state index is 14.6. The zero-order valence-corrected chi connectivity index (χ0v) is 18.9. The summed E-state index contributed by atoms with van der Waals surface area (Å²) in [5.41, 5.74) is 1.65. The lowest BCUT2D eigenvalue weighted by atomic mass is 10.2. The zero-order chi connectivity index (χ0) is 24.2. The van der Waals surface area contributed by atoms with Crippen LogP contribution in [0.15, 0.2) is 29.2 Å². The lowest BCUT2D eigenvalue weighted by molar-refractivity contribution is 0.0886. The second-order valence-electron chi connectivity index (χ2n) is 8.37. The maximum Gasteiger partial charge on any atom is 0.270 e. The highest BCUT2D eigenvalue weighted by Crippen LogP contribution is 2.29. The summed E-state index contributed by atoms with van der Waals surface area (Å²) in [7, 11) is 0. The van der Waals surface area contributed by atoms with Gasteiger partial charge in [-0.2, -0.15) is 4.39 Å². The molecular formula is C23H27F3N6O2. The molecule has 182 valence electrons. The molecular weight excluding hydrogens is 449 g/mol. The van der Waals surface area contributed by atoms with Gasteiger partial charge >= 0.3 is 0 Å². The molecule has 3 heterocycles. The van der Waals surface area contributed by atoms with Crippen LogP contribution in [0, 0.1) is 5.95 Å². The number of anilines is 1. The molecule has 1 amide bonds. The summed E-state index contributed by atoms with van der Waals surface area (Å²) in [4.78, 5) is 39.1. The van der Waals surface area contributed by atoms with E-state index in [0.717, 1.165) is 18.4 Å². The number of aromatic amines is 1. The fraction of sp³-hybridized carbons (Fsp3) is 0.478. The summed E-state index contributed by atoms with van der Waals surface area (Å²) in [5, 5.41) is 2.02. The minimum Gasteiger partial charge on any atom is -0.365 e. The van der Waals surface area contributed by atoms with Gasteiger partial charge in [-0.25, -0.2) is 18.7 Å². The fourth-order valence-corrected chi connectivity index (χ4v) is 4.37. The molecule has 1 atom stereocenters. The van der Waals surface area contributed by atoms with Crippen molar-refractivity contribution >= 4 is 17.2 Å². The molecule has 34 heavy (non-hydrogen) atoms. The maximum atomic E-state index is 14.6. The molecule has 0 bridgehead atoms. The van der Waals surface area contributed by atoms with Crippen molar-refractivity contribution in [3.8, 4) is 0 Å². The monoisotopic (exact) mass is 476 g/mol. The van der Waals surface area contributed by atoms with Crippen LogP contribution in [0.4, 0.5) is 18.9 Å². The molecule has 1 aliphatic carbocycles. The van der Waals surface area contributed by atoms with Crippen molar-refractivity contribution in [2.45, 2.75) is 38.7 Å². The molecule has 2 aromatic heterocycles. The Labute approximate surface area is 194 Å². The van der Waals surface area contributed by atoms with Gasteiger partial charge in [0.1, 0.15) is 11.5 Å². The minimum absolute atomic E-state index is 0.0985. The molecule has 1 saturated heterocycles. The van der Waals surface area contributed by atoms with E-state index in [0.29, 0.717) is 44.0 Å². The number of halogens is 3. The number of carbonyl (C=O) groups excluding carboxylic acids is 1. The van der Waals surface area contributed by atoms with Crippen LogP contribution in [0.1, 0.15) is 41.6 Å². The van der Waals surface area contributed by atoms with E-state index in [9.17, 15) is 22.8 Å². The van der Waals surface area contributed by atoms with Crippen molar-refractivity contribution in [1.82, 2.24) is 25.2 Å². The van der Waals surface area contributed by atoms with E-state index >= 15 is 0 Å². The van der Waals surface area contributed by atoms with Crippen LogP contribution in [0.25, 0.3) is 5.57 Å². The van der Waals surface area contributed by atoms with Crippen molar-refractivity contribution < 1.29 is 18.0 Å². The molecule has 2 aliphatic rings. The number of nitrogens with one attached hydrogen (secondary N) is 2. The average Bonchev–Trinajstić information content (AvgIpc) is 3.33. The zero-order valence-electron chi connectivity index (χ0n) is 18.9. The predicted octanol–water partition coefficient (Wildman–Crippen LogP) is 2.23. The van der Waals surface area contributed by atoms with Gasteiger partial charge in [0.2, 0.25) is 5.95 Å². The molecule has 0 radical (unpaired) electrons. The number of carbonyl (C=O) groups is 1. The summed E-state index contributed by atoms with van der Waals surface area (Å²) in [6.07, 6.45) is 3.49. The van der Waals surface area contributed by atoms with Crippen molar-refractivity contribution in [3.63, 3.8) is 0 Å². The van der Waals surface area contributed by atoms with Gasteiger partial charge in [-0.15, -0.1) is 0 Å². The number of aromatic nitrogens is 3. The highest BCUT2D eigenvalue weighted by molar-refractivity contribution is 5.92. The molecule has 0 spiro atoms. The Balaban J connectivity index is 1.36. The van der Waals surface area contributed by atoms with Crippen molar-refractivity contribution in [2.24, 2.45) is 0 Å². The SMILES string of the molecule is CCc1cnc(C2=CC(N3CCN(c4ccc(C(=O)NCC(F)F)nc4F)CC3)CC2)[nH]c1=O. The van der Waals surface area contributed by atoms with Gasteiger partial charge in [0, 0.05) is 44.0 Å². The molecule has 2 N–H and O–H groups in total. The first kappa shape index (κ1) is 23.9. The van der Waals surface area contributed by atoms with Gasteiger partial charge in [0.15, 0.2) is 0 Å². The third kappa shape index (κ3) is 5.30. The summed E-state index contributed by atoms with van der Waals surface area (Å²) < 4.78 is 39.1. The van der Waals surface area contributed by atoms with E-state index in [1.165, 1.54) is 12.1 Å². The smallest absolute Gasteiger partial charge is 0.270 e. The lowest BCUT2D eigenvalue weighted by Crippen LogP contribution is -2.49. The molecule has 4 rings (SSSR count). The molecule has 0 saturated carbocycles. The number of nitrogens with zero attached hydrogens (tertiary/aromatic N) is 4. The molecule has 1 unspecified atom stereocenters. The Morgan fingerprint density at radius 3 is 2.68 bits per heavy atom. The Morgan fingerprint density at radius 2 is 2.03 bits per heavy atom. The van der Waals surface area contributed by atoms with Gasteiger partial charge in [0.25, 0.3) is 17.9 Å². The number of aryl methyl sites for hydroxylation is 1. The van der Waals surface area contributed by atoms with Crippen LogP contribution >= 0.6 is 0 Å². The molecule has 8 nitrogen and oxygen atoms in total. The Morgan fingerprint density at radius 1 is 1.26 bits per heavy atom. The predicted molar refractivity (Wildman–Crippen MR) is 122 cm³/mol. The van der Waals surface area contributed by atoms with E-state index in [1.54, 1.807) is 6.20 Å². The first-order valence-corrected chi connectivity index (χ1v) is 11.4. The highest BCUT2D eigenvalue weighted by atomic mass is 19.3. The van der Waals surface area contributed by atoms with Crippen LogP contribution in [0.5, 0.6) is 0 Å². The van der Waals surface area contributed by atoms with Crippen molar-refractivity contribution in [3.05, 3.63) is 57.8 Å². The highest BCUT2D eigenvalue weighted by Gasteiger charge is 2.28. The van der Waals surface area contributed by atoms with Gasteiger partial charge < -0.3 is 15.2 Å². The molecule has 1 aliphatic heterocycles. The van der Waals surface area contributed by atoms with E-state index in [-0.39, 0.29) is 23.0 Å². The summed E-state index contributed by atoms with van der Waals surface area (Å²) in [6, 6.07) is 3.03. The third-order valence-electron chi connectivity index (χ3n) is 6.26. The number of pyridine rings is 1. The van der Waals surface area contributed by atoms with E-state index in [2.05, 4.69) is 25.9 Å². The number of allylic oxidation sites excluding steroid dienone is 1. The fourth-order valence-electron chi connectivity index (χ4n) is 4.37. The van der Waals surface area contributed by atoms with Gasteiger partial charge in [-0.3, -0.25) is 14.5 Å². The van der Waals surface area contributed by atoms with Gasteiger partial charge in [0.05, 0.1) is 12.2 Å². The number of alkyl halides is 2. The third-order valence-corrected chi connectivity index (χ3v) is 6.26. The van der Waals surface area contributed by atoms with Crippen LogP contribution in [-0.2, 0) is 6.42 Å². The second kappa shape index (κ2) is 10.4. The summed E-state index contributed by atoms with van der Waals surface area (Å²) in [5.74, 6) is -1.01. The number of hydrogen-bond acceptors (Lipinski definition) is 6. The van der Waals surface area contributed by atoms with Crippen LogP contribution < -0.4 is 15.8 Å². The Kier molecular flexibility index (Phi) is 7.30. The van der Waals surface area contributed by atoms with E-state index in [4.69, 9.17) is 0 Å². The average molecular weight is 477 g/mol. The van der Waals surface area contributed by atoms with Gasteiger partial charge in [-0.1, -0.05) is 13.0 Å². The molecule has 1 fully saturated rings. The quantitative estimate of drug-likeness (QED) is 0.596. The topological polar surface area (TPSA) is 94.2 Å². The van der Waals surface area contributed by atoms with E-state index < -0.39 is 24.8 Å². The first-order chi connectivity index (χ1) is 16.4. The second-order valence-corrected chi connectivity index (χ2v) is 8.37. The number of amides is 1. The van der Waals surface area contributed by atoms with Crippen LogP contribution in [0.3, 0.4) is 0 Å². The standard InChI is InChI=1S/C23H27F3N6O2/c1-2-14-12-27-21(30-22(14)33)15-3-4-16(11-15)31-7-9-32(10-8-31)18-6-5-17(29-20(18)26)23(34)28-13-19(24)25/h5-6,11-12,16,19H,2-4,7-10,13H2,1H3,(H,28,34)(H,27,30,33). The van der Waals surface area contributed by atoms with Crippen molar-refractivity contribution in [2.75, 3.05) is 37.6 Å².